The summed E-state index contributed by atoms with van der Waals surface area (Å²) in [7, 11) is 0. The van der Waals surface area contributed by atoms with E-state index >= 15 is 0 Å². The second-order valence-electron chi connectivity index (χ2n) is 7.84. The average molecular weight is 443 g/mol. The zero-order chi connectivity index (χ0) is 22.6. The van der Waals surface area contributed by atoms with Crippen molar-refractivity contribution in [2.24, 2.45) is 11.3 Å². The molecule has 1 fully saturated rings. The molecule has 0 aromatic rings. The molecule has 11 nitrogen and oxygen atoms in total. The summed E-state index contributed by atoms with van der Waals surface area (Å²) in [5.74, 6) is -0.647. The predicted octanol–water partition coefficient (Wildman–Crippen LogP) is -2.78. The second-order valence-corrected chi connectivity index (χ2v) is 7.84. The first-order valence-corrected chi connectivity index (χ1v) is 10.2. The van der Waals surface area contributed by atoms with E-state index in [0.29, 0.717) is 6.42 Å². The van der Waals surface area contributed by atoms with Crippen LogP contribution in [0.1, 0.15) is 19.8 Å². The van der Waals surface area contributed by atoms with Crippen molar-refractivity contribution in [3.8, 4) is 0 Å². The molecule has 0 amide bonds. The molecule has 0 radical (unpaired) electrons. The lowest BCUT2D eigenvalue weighted by molar-refractivity contribution is -0.156. The summed E-state index contributed by atoms with van der Waals surface area (Å²) in [5, 5.41) is 67.5. The maximum atomic E-state index is 10.5. The first kappa shape index (κ1) is 27.6. The lowest BCUT2D eigenvalue weighted by Crippen LogP contribution is -2.52. The molecule has 0 spiro atoms. The van der Waals surface area contributed by atoms with Crippen molar-refractivity contribution in [1.29, 1.82) is 0 Å². The Labute approximate surface area is 176 Å². The Morgan fingerprint density at radius 2 is 1.80 bits per heavy atom. The fourth-order valence-electron chi connectivity index (χ4n) is 3.15. The molecule has 7 atom stereocenters. The molecule has 1 aliphatic heterocycles. The van der Waals surface area contributed by atoms with Gasteiger partial charge in [0.25, 0.3) is 0 Å². The van der Waals surface area contributed by atoms with Gasteiger partial charge in [-0.05, 0) is 6.42 Å². The van der Waals surface area contributed by atoms with E-state index in [1.165, 1.54) is 0 Å². The van der Waals surface area contributed by atoms with Crippen molar-refractivity contribution < 1.29 is 54.7 Å². The molecule has 180 valence electrons. The molecule has 7 N–H and O–H groups in total. The monoisotopic (exact) mass is 442 g/mol. The summed E-state index contributed by atoms with van der Waals surface area (Å²) in [6.45, 7) is 0.542. The molecule has 0 aromatic heterocycles. The highest BCUT2D eigenvalue weighted by Crippen LogP contribution is 2.31. The molecule has 1 rings (SSSR count). The summed E-state index contributed by atoms with van der Waals surface area (Å²) in [6, 6.07) is 0. The van der Waals surface area contributed by atoms with Crippen molar-refractivity contribution in [2.45, 2.75) is 50.3 Å². The molecule has 4 unspecified atom stereocenters. The molecule has 0 aromatic carbocycles. The highest BCUT2D eigenvalue weighted by Gasteiger charge is 2.47. The van der Waals surface area contributed by atoms with Crippen molar-refractivity contribution in [2.75, 3.05) is 59.6 Å². The third kappa shape index (κ3) is 8.60. The summed E-state index contributed by atoms with van der Waals surface area (Å²) >= 11 is 0. The zero-order valence-electron chi connectivity index (χ0n) is 17.5. The molecule has 0 bridgehead atoms. The molecule has 1 aliphatic rings. The average Bonchev–Trinajstić information content (AvgIpc) is 2.86. The number of hydrogen-bond donors (Lipinski definition) is 7. The molecule has 30 heavy (non-hydrogen) atoms. The minimum atomic E-state index is -1.33. The van der Waals surface area contributed by atoms with Crippen LogP contribution in [-0.4, -0.2) is 126 Å². The summed E-state index contributed by atoms with van der Waals surface area (Å²) in [5.41, 5.74) is -1.23. The van der Waals surface area contributed by atoms with Gasteiger partial charge in [-0.2, -0.15) is 0 Å². The van der Waals surface area contributed by atoms with Crippen molar-refractivity contribution >= 4 is 0 Å². The molecule has 11 heteroatoms. The number of ether oxygens (including phenoxy) is 4. The normalized spacial score (nSPS) is 30.6. The van der Waals surface area contributed by atoms with Gasteiger partial charge in [-0.1, -0.05) is 6.92 Å². The van der Waals surface area contributed by atoms with Crippen LogP contribution in [0.4, 0.5) is 0 Å². The number of rotatable bonds is 15. The Morgan fingerprint density at radius 3 is 2.40 bits per heavy atom. The number of aliphatic hydroxyl groups is 7. The Kier molecular flexibility index (Phi) is 13.4. The lowest BCUT2D eigenvalue weighted by atomic mass is 9.79. The minimum absolute atomic E-state index is 0.00650. The standard InChI is InChI=1S/C19H38O11/c1-2-16(30-12-29-7-15(24)3-14(23)5-21)8-28-11-19(9-22)10-27-6-13(4-20)17(25)18(19)26/h13-18,20-26H,2-12H2,1H3/t13?,14-,15+,16?,17-,18?,19?/m0/s1. The van der Waals surface area contributed by atoms with Crippen LogP contribution >= 0.6 is 0 Å². The van der Waals surface area contributed by atoms with Gasteiger partial charge in [0, 0.05) is 12.3 Å². The fourth-order valence-corrected chi connectivity index (χ4v) is 3.15. The highest BCUT2D eigenvalue weighted by molar-refractivity contribution is 4.94. The van der Waals surface area contributed by atoms with E-state index in [1.54, 1.807) is 0 Å². The Hall–Kier alpha value is -0.440. The van der Waals surface area contributed by atoms with Gasteiger partial charge < -0.3 is 54.7 Å². The molecule has 1 heterocycles. The largest absolute Gasteiger partial charge is 0.396 e. The molecule has 0 aliphatic carbocycles. The van der Waals surface area contributed by atoms with E-state index in [2.05, 4.69) is 0 Å². The fraction of sp³-hybridized carbons (Fsp3) is 1.00. The summed E-state index contributed by atoms with van der Waals surface area (Å²) in [6.07, 6.45) is -4.28. The van der Waals surface area contributed by atoms with E-state index in [1.807, 2.05) is 6.92 Å². The topological polar surface area (TPSA) is 179 Å². The van der Waals surface area contributed by atoms with Crippen LogP contribution in [0.15, 0.2) is 0 Å². The van der Waals surface area contributed by atoms with Crippen LogP contribution in [0.25, 0.3) is 0 Å². The Morgan fingerprint density at radius 1 is 1.07 bits per heavy atom. The summed E-state index contributed by atoms with van der Waals surface area (Å²) in [4.78, 5) is 0. The molecule has 0 saturated carbocycles. The Bertz CT molecular complexity index is 441. The number of hydrogen-bond acceptors (Lipinski definition) is 11. The molecule has 1 saturated heterocycles. The van der Waals surface area contributed by atoms with E-state index in [-0.39, 0.29) is 59.0 Å². The van der Waals surface area contributed by atoms with Crippen molar-refractivity contribution in [3.05, 3.63) is 0 Å². The molecular formula is C19H38O11. The van der Waals surface area contributed by atoms with Gasteiger partial charge in [-0.15, -0.1) is 0 Å². The van der Waals surface area contributed by atoms with Crippen LogP contribution in [0.5, 0.6) is 0 Å². The quantitative estimate of drug-likeness (QED) is 0.103. The smallest absolute Gasteiger partial charge is 0.147 e. The SMILES string of the molecule is CCC(COCC1(CO)COCC(CO)[C@H](O)C1O)OCOC[C@H](O)C[C@H](O)CO. The van der Waals surface area contributed by atoms with Crippen molar-refractivity contribution in [3.63, 3.8) is 0 Å². The second kappa shape index (κ2) is 14.6. The van der Waals surface area contributed by atoms with E-state index in [0.717, 1.165) is 0 Å². The van der Waals surface area contributed by atoms with Crippen LogP contribution in [0.3, 0.4) is 0 Å². The van der Waals surface area contributed by atoms with Gasteiger partial charge >= 0.3 is 0 Å². The van der Waals surface area contributed by atoms with E-state index in [4.69, 9.17) is 24.1 Å². The van der Waals surface area contributed by atoms with E-state index < -0.39 is 49.0 Å². The van der Waals surface area contributed by atoms with Gasteiger partial charge in [-0.25, -0.2) is 0 Å². The third-order valence-corrected chi connectivity index (χ3v) is 5.31. The van der Waals surface area contributed by atoms with Crippen molar-refractivity contribution in [1.82, 2.24) is 0 Å². The van der Waals surface area contributed by atoms with Crippen LogP contribution in [0.2, 0.25) is 0 Å². The first-order valence-electron chi connectivity index (χ1n) is 10.2. The van der Waals surface area contributed by atoms with E-state index in [9.17, 15) is 30.6 Å². The van der Waals surface area contributed by atoms with Gasteiger partial charge in [0.05, 0.1) is 88.8 Å². The Balaban J connectivity index is 2.41. The molecular weight excluding hydrogens is 404 g/mol. The lowest BCUT2D eigenvalue weighted by Gasteiger charge is -2.36. The van der Waals surface area contributed by atoms with Gasteiger partial charge in [0.15, 0.2) is 0 Å². The van der Waals surface area contributed by atoms with Crippen LogP contribution in [-0.2, 0) is 18.9 Å². The van der Waals surface area contributed by atoms with Gasteiger partial charge in [0.2, 0.25) is 0 Å². The van der Waals surface area contributed by atoms with Gasteiger partial charge in [0.1, 0.15) is 6.79 Å². The highest BCUT2D eigenvalue weighted by atomic mass is 16.7. The minimum Gasteiger partial charge on any atom is -0.396 e. The van der Waals surface area contributed by atoms with Crippen LogP contribution in [0, 0.1) is 11.3 Å². The van der Waals surface area contributed by atoms with Gasteiger partial charge in [-0.3, -0.25) is 0 Å². The zero-order valence-corrected chi connectivity index (χ0v) is 17.5. The third-order valence-electron chi connectivity index (χ3n) is 5.31. The first-order chi connectivity index (χ1) is 14.3. The summed E-state index contributed by atoms with van der Waals surface area (Å²) < 4.78 is 21.8. The maximum absolute atomic E-state index is 10.5. The maximum Gasteiger partial charge on any atom is 0.147 e. The predicted molar refractivity (Wildman–Crippen MR) is 103 cm³/mol. The van der Waals surface area contributed by atoms with Crippen LogP contribution < -0.4 is 0 Å². The number of aliphatic hydroxyl groups excluding tert-OH is 7.